The van der Waals surface area contributed by atoms with Crippen LogP contribution in [-0.4, -0.2) is 70.5 Å². The van der Waals surface area contributed by atoms with Crippen LogP contribution in [0.3, 0.4) is 0 Å². The van der Waals surface area contributed by atoms with E-state index in [0.29, 0.717) is 11.7 Å². The van der Waals surface area contributed by atoms with E-state index in [4.69, 9.17) is 0 Å². The van der Waals surface area contributed by atoms with Gasteiger partial charge < -0.3 is 15.1 Å². The molecule has 0 unspecified atom stereocenters. The highest BCUT2D eigenvalue weighted by atomic mass is 19.1. The van der Waals surface area contributed by atoms with E-state index in [2.05, 4.69) is 48.0 Å². The van der Waals surface area contributed by atoms with E-state index >= 15 is 0 Å². The molecule has 0 spiro atoms. The fraction of sp³-hybridized carbons (Fsp3) is 0.565. The third kappa shape index (κ3) is 5.25. The summed E-state index contributed by atoms with van der Waals surface area (Å²) in [6.45, 7) is 3.19. The largest absolute Gasteiger partial charge is 0.355 e. The summed E-state index contributed by atoms with van der Waals surface area (Å²) in [4.78, 5) is 25.9. The van der Waals surface area contributed by atoms with Crippen molar-refractivity contribution in [2.45, 2.75) is 38.3 Å². The number of hydrogen-bond donors (Lipinski definition) is 1. The number of halogens is 1. The molecule has 0 saturated carbocycles. The summed E-state index contributed by atoms with van der Waals surface area (Å²) in [5.41, 5.74) is 1.65. The molecule has 0 atom stereocenters. The van der Waals surface area contributed by atoms with E-state index in [-0.39, 0.29) is 11.8 Å². The van der Waals surface area contributed by atoms with Crippen molar-refractivity contribution in [1.29, 1.82) is 0 Å². The summed E-state index contributed by atoms with van der Waals surface area (Å²) in [5, 5.41) is 7.65. The lowest BCUT2D eigenvalue weighted by Crippen LogP contribution is -2.46. The van der Waals surface area contributed by atoms with Crippen LogP contribution in [0.15, 0.2) is 24.8 Å². The molecule has 2 aromatic rings. The van der Waals surface area contributed by atoms with Crippen LogP contribution in [0, 0.1) is 17.8 Å². The predicted molar refractivity (Wildman–Crippen MR) is 120 cm³/mol. The summed E-state index contributed by atoms with van der Waals surface area (Å²) in [5.74, 6) is 6.11. The number of aromatic nitrogens is 4. The van der Waals surface area contributed by atoms with Gasteiger partial charge in [-0.05, 0) is 38.7 Å². The zero-order valence-corrected chi connectivity index (χ0v) is 18.5. The Balaban J connectivity index is 1.27. The minimum Gasteiger partial charge on any atom is -0.355 e. The van der Waals surface area contributed by atoms with E-state index in [1.54, 1.807) is 6.20 Å². The minimum absolute atomic E-state index is 0.0530. The van der Waals surface area contributed by atoms with Gasteiger partial charge in [0.2, 0.25) is 5.91 Å². The lowest BCUT2D eigenvalue weighted by atomic mass is 9.94. The van der Waals surface area contributed by atoms with Gasteiger partial charge >= 0.3 is 0 Å². The summed E-state index contributed by atoms with van der Waals surface area (Å²) in [7, 11) is 1.93. The molecule has 4 heterocycles. The maximum absolute atomic E-state index is 13.1. The van der Waals surface area contributed by atoms with Crippen LogP contribution >= 0.6 is 0 Å². The molecular formula is C23H30FN7O. The van der Waals surface area contributed by atoms with E-state index in [1.807, 2.05) is 18.1 Å². The van der Waals surface area contributed by atoms with Crippen molar-refractivity contribution in [2.75, 3.05) is 44.8 Å². The molecule has 2 aromatic heterocycles. The lowest BCUT2D eigenvalue weighted by Gasteiger charge is -2.37. The number of likely N-dealkylation sites (tertiary alicyclic amines) is 1. The summed E-state index contributed by atoms with van der Waals surface area (Å²) < 4.78 is 14.3. The second kappa shape index (κ2) is 10.6. The molecule has 2 aliphatic rings. The molecule has 0 aromatic carbocycles. The van der Waals surface area contributed by atoms with Crippen molar-refractivity contribution in [1.82, 2.24) is 30.0 Å². The Labute approximate surface area is 188 Å². The van der Waals surface area contributed by atoms with Gasteiger partial charge in [-0.1, -0.05) is 5.92 Å². The van der Waals surface area contributed by atoms with Crippen molar-refractivity contribution < 1.29 is 9.18 Å². The zero-order chi connectivity index (χ0) is 22.3. The lowest BCUT2D eigenvalue weighted by molar-refractivity contribution is -0.137. The second-order valence-electron chi connectivity index (χ2n) is 8.37. The van der Waals surface area contributed by atoms with Gasteiger partial charge in [0.1, 0.15) is 11.5 Å². The molecule has 0 bridgehead atoms. The summed E-state index contributed by atoms with van der Waals surface area (Å²) >= 11 is 0. The molecular weight excluding hydrogens is 409 g/mol. The Morgan fingerprint density at radius 2 is 1.94 bits per heavy atom. The van der Waals surface area contributed by atoms with Gasteiger partial charge in [0.25, 0.3) is 0 Å². The Morgan fingerprint density at radius 3 is 2.66 bits per heavy atom. The van der Waals surface area contributed by atoms with Crippen LogP contribution in [0.2, 0.25) is 0 Å². The Morgan fingerprint density at radius 1 is 1.16 bits per heavy atom. The molecule has 1 N–H and O–H groups in total. The van der Waals surface area contributed by atoms with E-state index in [9.17, 15) is 9.18 Å². The zero-order valence-electron chi connectivity index (χ0n) is 18.5. The first kappa shape index (κ1) is 22.2. The highest BCUT2D eigenvalue weighted by molar-refractivity contribution is 5.79. The number of anilines is 1. The number of hydrogen-bond acceptors (Lipinski definition) is 6. The van der Waals surface area contributed by atoms with Crippen LogP contribution < -0.4 is 10.2 Å². The monoisotopic (exact) mass is 439 g/mol. The molecule has 0 aliphatic carbocycles. The molecule has 2 saturated heterocycles. The van der Waals surface area contributed by atoms with Gasteiger partial charge in [0, 0.05) is 50.4 Å². The molecule has 4 rings (SSSR count). The van der Waals surface area contributed by atoms with Crippen LogP contribution in [0.25, 0.3) is 0 Å². The third-order valence-electron chi connectivity index (χ3n) is 6.26. The van der Waals surface area contributed by atoms with Gasteiger partial charge in [0.15, 0.2) is 6.67 Å². The molecule has 1 amide bonds. The van der Waals surface area contributed by atoms with Crippen molar-refractivity contribution in [3.05, 3.63) is 36.0 Å². The molecule has 2 aliphatic heterocycles. The SMILES string of the molecule is CNCc1cnn(C2CCN(C(=O)C3CCN(c4cncc(C#CCF)n4)CC3)CC2)c1. The van der Waals surface area contributed by atoms with Crippen molar-refractivity contribution in [2.24, 2.45) is 5.92 Å². The van der Waals surface area contributed by atoms with Crippen LogP contribution in [0.1, 0.15) is 43.0 Å². The number of carbonyl (C=O) groups is 1. The smallest absolute Gasteiger partial charge is 0.225 e. The molecule has 170 valence electrons. The average Bonchev–Trinajstić information content (AvgIpc) is 3.31. The quantitative estimate of drug-likeness (QED) is 0.716. The minimum atomic E-state index is -0.698. The second-order valence-corrected chi connectivity index (χ2v) is 8.37. The molecule has 9 heteroatoms. The topological polar surface area (TPSA) is 79.2 Å². The Bertz CT molecular complexity index is 966. The first-order valence-electron chi connectivity index (χ1n) is 11.3. The maximum atomic E-state index is 13.1. The number of amides is 1. The fourth-order valence-electron chi connectivity index (χ4n) is 4.53. The first-order chi connectivity index (χ1) is 15.7. The number of alkyl halides is 1. The summed E-state index contributed by atoms with van der Waals surface area (Å²) in [6, 6.07) is 0.359. The number of carbonyl (C=O) groups excluding carboxylic acids is 1. The maximum Gasteiger partial charge on any atom is 0.225 e. The van der Waals surface area contributed by atoms with Gasteiger partial charge in [-0.25, -0.2) is 9.37 Å². The average molecular weight is 440 g/mol. The normalized spacial score (nSPS) is 17.8. The number of rotatable bonds is 5. The van der Waals surface area contributed by atoms with E-state index < -0.39 is 6.67 Å². The standard InChI is InChI=1S/C23H30FN7O/c1-25-13-18-14-27-31(17-18)21-6-11-30(12-7-21)23(32)19-4-9-29(10-5-19)22-16-26-15-20(28-22)3-2-8-24/h14-17,19,21,25H,4-13H2,1H3. The predicted octanol–water partition coefficient (Wildman–Crippen LogP) is 1.79. The van der Waals surface area contributed by atoms with E-state index in [0.717, 1.165) is 64.2 Å². The van der Waals surface area contributed by atoms with Gasteiger partial charge in [0.05, 0.1) is 24.6 Å². The van der Waals surface area contributed by atoms with Crippen LogP contribution in [-0.2, 0) is 11.3 Å². The van der Waals surface area contributed by atoms with Crippen molar-refractivity contribution in [3.63, 3.8) is 0 Å². The van der Waals surface area contributed by atoms with Crippen molar-refractivity contribution >= 4 is 11.7 Å². The highest BCUT2D eigenvalue weighted by Crippen LogP contribution is 2.27. The van der Waals surface area contributed by atoms with Crippen LogP contribution in [0.5, 0.6) is 0 Å². The Hall–Kier alpha value is -2.99. The number of piperidine rings is 2. The molecule has 0 radical (unpaired) electrons. The first-order valence-corrected chi connectivity index (χ1v) is 11.3. The van der Waals surface area contributed by atoms with Gasteiger partial charge in [-0.3, -0.25) is 14.5 Å². The molecule has 8 nitrogen and oxygen atoms in total. The molecule has 2 fully saturated rings. The van der Waals surface area contributed by atoms with E-state index in [1.165, 1.54) is 11.8 Å². The summed E-state index contributed by atoms with van der Waals surface area (Å²) in [6.07, 6.45) is 10.7. The van der Waals surface area contributed by atoms with Crippen molar-refractivity contribution in [3.8, 4) is 11.8 Å². The van der Waals surface area contributed by atoms with Crippen LogP contribution in [0.4, 0.5) is 10.2 Å². The van der Waals surface area contributed by atoms with Gasteiger partial charge in [-0.15, -0.1) is 0 Å². The number of nitrogens with one attached hydrogen (secondary N) is 1. The molecule has 32 heavy (non-hydrogen) atoms. The highest BCUT2D eigenvalue weighted by Gasteiger charge is 2.31. The fourth-order valence-corrected chi connectivity index (χ4v) is 4.53. The Kier molecular flexibility index (Phi) is 7.32. The number of nitrogens with zero attached hydrogens (tertiary/aromatic N) is 6. The third-order valence-corrected chi connectivity index (χ3v) is 6.26. The van der Waals surface area contributed by atoms with Gasteiger partial charge in [-0.2, -0.15) is 5.10 Å².